The lowest BCUT2D eigenvalue weighted by Crippen LogP contribution is -2.41. The zero-order valence-electron chi connectivity index (χ0n) is 14.8. The van der Waals surface area contributed by atoms with Crippen molar-refractivity contribution in [3.8, 4) is 0 Å². The Labute approximate surface area is 158 Å². The molecule has 5 nitrogen and oxygen atoms in total. The van der Waals surface area contributed by atoms with E-state index in [2.05, 4.69) is 10.3 Å². The lowest BCUT2D eigenvalue weighted by atomic mass is 9.85. The van der Waals surface area contributed by atoms with E-state index in [1.165, 1.54) is 0 Å². The fourth-order valence-corrected chi connectivity index (χ4v) is 4.35. The highest BCUT2D eigenvalue weighted by atomic mass is 35.5. The summed E-state index contributed by atoms with van der Waals surface area (Å²) in [5.74, 6) is 0.364. The number of halogens is 1. The van der Waals surface area contributed by atoms with Gasteiger partial charge in [0.25, 0.3) is 5.91 Å². The predicted octanol–water partition coefficient (Wildman–Crippen LogP) is 3.73. The SMILES string of the molecule is O=C(N[C@H]1CC[C@H](C(=O)N2CCCC2)CC1)c1cc2cc(Cl)ccc2[nH]1. The van der Waals surface area contributed by atoms with Crippen molar-refractivity contribution >= 4 is 34.3 Å². The molecule has 2 amide bonds. The van der Waals surface area contributed by atoms with Gasteiger partial charge in [-0.05, 0) is 62.8 Å². The molecule has 6 heteroatoms. The lowest BCUT2D eigenvalue weighted by molar-refractivity contribution is -0.135. The van der Waals surface area contributed by atoms with Crippen molar-refractivity contribution in [1.82, 2.24) is 15.2 Å². The first kappa shape index (κ1) is 17.4. The van der Waals surface area contributed by atoms with Crippen LogP contribution < -0.4 is 5.32 Å². The molecule has 0 bridgehead atoms. The van der Waals surface area contributed by atoms with E-state index in [1.54, 1.807) is 6.07 Å². The molecule has 26 heavy (non-hydrogen) atoms. The fraction of sp³-hybridized carbons (Fsp3) is 0.500. The molecule has 1 aromatic carbocycles. The molecule has 1 aliphatic carbocycles. The summed E-state index contributed by atoms with van der Waals surface area (Å²) in [5, 5.41) is 4.70. The van der Waals surface area contributed by atoms with Gasteiger partial charge in [0.2, 0.25) is 5.91 Å². The molecule has 1 aliphatic heterocycles. The smallest absolute Gasteiger partial charge is 0.267 e. The average Bonchev–Trinajstić information content (AvgIpc) is 3.31. The molecule has 2 fully saturated rings. The largest absolute Gasteiger partial charge is 0.351 e. The summed E-state index contributed by atoms with van der Waals surface area (Å²) in [6.07, 6.45) is 5.72. The number of carbonyl (C=O) groups excluding carboxylic acids is 2. The summed E-state index contributed by atoms with van der Waals surface area (Å²) in [6.45, 7) is 1.83. The number of nitrogens with zero attached hydrogens (tertiary/aromatic N) is 1. The minimum atomic E-state index is -0.0911. The van der Waals surface area contributed by atoms with Crippen LogP contribution in [0.15, 0.2) is 24.3 Å². The number of aromatic amines is 1. The number of aromatic nitrogens is 1. The Morgan fingerprint density at radius 1 is 1.08 bits per heavy atom. The number of nitrogens with one attached hydrogen (secondary N) is 2. The van der Waals surface area contributed by atoms with E-state index < -0.39 is 0 Å². The monoisotopic (exact) mass is 373 g/mol. The Morgan fingerprint density at radius 2 is 1.81 bits per heavy atom. The number of amides is 2. The molecule has 1 aromatic heterocycles. The lowest BCUT2D eigenvalue weighted by Gasteiger charge is -2.30. The first-order valence-corrected chi connectivity index (χ1v) is 9.86. The van der Waals surface area contributed by atoms with E-state index in [0.29, 0.717) is 16.6 Å². The van der Waals surface area contributed by atoms with Crippen LogP contribution in [0.5, 0.6) is 0 Å². The molecule has 0 atom stereocenters. The van der Waals surface area contributed by atoms with Gasteiger partial charge in [0.05, 0.1) is 0 Å². The van der Waals surface area contributed by atoms with Gasteiger partial charge in [-0.1, -0.05) is 11.6 Å². The fourth-order valence-electron chi connectivity index (χ4n) is 4.17. The van der Waals surface area contributed by atoms with E-state index in [4.69, 9.17) is 11.6 Å². The van der Waals surface area contributed by atoms with Crippen LogP contribution in [0.2, 0.25) is 5.02 Å². The van der Waals surface area contributed by atoms with Crippen LogP contribution in [-0.4, -0.2) is 40.8 Å². The number of hydrogen-bond donors (Lipinski definition) is 2. The molecule has 0 unspecified atom stereocenters. The maximum atomic E-state index is 12.5. The number of fused-ring (bicyclic) bond motifs is 1. The van der Waals surface area contributed by atoms with Gasteiger partial charge in [-0.25, -0.2) is 0 Å². The summed E-state index contributed by atoms with van der Waals surface area (Å²) < 4.78 is 0. The highest BCUT2D eigenvalue weighted by Crippen LogP contribution is 2.28. The Kier molecular flexibility index (Phi) is 4.90. The number of likely N-dealkylation sites (tertiary alicyclic amines) is 1. The third-order valence-corrected chi connectivity index (χ3v) is 5.89. The minimum absolute atomic E-state index is 0.0911. The van der Waals surface area contributed by atoms with Gasteiger partial charge >= 0.3 is 0 Å². The maximum absolute atomic E-state index is 12.5. The highest BCUT2D eigenvalue weighted by molar-refractivity contribution is 6.31. The van der Waals surface area contributed by atoms with Crippen LogP contribution in [0.1, 0.15) is 49.0 Å². The number of carbonyl (C=O) groups is 2. The van der Waals surface area contributed by atoms with Crippen molar-refractivity contribution in [1.29, 1.82) is 0 Å². The van der Waals surface area contributed by atoms with Crippen LogP contribution in [0.4, 0.5) is 0 Å². The predicted molar refractivity (Wildman–Crippen MR) is 102 cm³/mol. The van der Waals surface area contributed by atoms with Gasteiger partial charge in [0.15, 0.2) is 0 Å². The summed E-state index contributed by atoms with van der Waals surface area (Å²) in [7, 11) is 0. The molecule has 1 saturated carbocycles. The molecule has 4 rings (SSSR count). The third-order valence-electron chi connectivity index (χ3n) is 5.66. The summed E-state index contributed by atoms with van der Waals surface area (Å²) in [5.41, 5.74) is 1.46. The molecular weight excluding hydrogens is 350 g/mol. The van der Waals surface area contributed by atoms with Crippen molar-refractivity contribution in [2.24, 2.45) is 5.92 Å². The van der Waals surface area contributed by atoms with E-state index in [9.17, 15) is 9.59 Å². The topological polar surface area (TPSA) is 65.2 Å². The third kappa shape index (κ3) is 3.58. The molecule has 2 heterocycles. The quantitative estimate of drug-likeness (QED) is 0.860. The number of rotatable bonds is 3. The van der Waals surface area contributed by atoms with Gasteiger partial charge in [-0.2, -0.15) is 0 Å². The van der Waals surface area contributed by atoms with Gasteiger partial charge in [-0.15, -0.1) is 0 Å². The Bertz CT molecular complexity index is 818. The molecule has 2 aromatic rings. The molecular formula is C20H24ClN3O2. The van der Waals surface area contributed by atoms with Crippen LogP contribution in [-0.2, 0) is 4.79 Å². The summed E-state index contributed by atoms with van der Waals surface area (Å²) in [4.78, 5) is 30.2. The summed E-state index contributed by atoms with van der Waals surface area (Å²) >= 11 is 6.00. The van der Waals surface area contributed by atoms with Crippen LogP contribution in [0.3, 0.4) is 0 Å². The normalized spacial score (nSPS) is 23.3. The zero-order chi connectivity index (χ0) is 18.1. The zero-order valence-corrected chi connectivity index (χ0v) is 15.5. The molecule has 0 radical (unpaired) electrons. The standard InChI is InChI=1S/C20H24ClN3O2/c21-15-5-8-17-14(11-15)12-18(23-17)19(25)22-16-6-3-13(4-7-16)20(26)24-9-1-2-10-24/h5,8,11-13,16,23H,1-4,6-7,9-10H2,(H,22,25)/t13-,16-. The summed E-state index contributed by atoms with van der Waals surface area (Å²) in [6, 6.07) is 7.50. The van der Waals surface area contributed by atoms with Crippen LogP contribution in [0.25, 0.3) is 10.9 Å². The van der Waals surface area contributed by atoms with E-state index in [-0.39, 0.29) is 17.9 Å². The average molecular weight is 374 g/mol. The second-order valence-corrected chi connectivity index (χ2v) is 7.91. The van der Waals surface area contributed by atoms with Crippen LogP contribution in [0, 0.1) is 5.92 Å². The molecule has 2 N–H and O–H groups in total. The van der Waals surface area contributed by atoms with Crippen molar-refractivity contribution in [2.45, 2.75) is 44.6 Å². The van der Waals surface area contributed by atoms with Gasteiger partial charge in [0.1, 0.15) is 5.69 Å². The molecule has 138 valence electrons. The number of benzene rings is 1. The van der Waals surface area contributed by atoms with E-state index >= 15 is 0 Å². The van der Waals surface area contributed by atoms with Crippen molar-refractivity contribution in [3.63, 3.8) is 0 Å². The van der Waals surface area contributed by atoms with Crippen molar-refractivity contribution in [2.75, 3.05) is 13.1 Å². The minimum Gasteiger partial charge on any atom is -0.351 e. The van der Waals surface area contributed by atoms with Gasteiger partial charge in [0, 0.05) is 41.0 Å². The Hall–Kier alpha value is -2.01. The molecule has 1 saturated heterocycles. The van der Waals surface area contributed by atoms with E-state index in [0.717, 1.165) is 62.5 Å². The van der Waals surface area contributed by atoms with E-state index in [1.807, 2.05) is 23.1 Å². The van der Waals surface area contributed by atoms with Crippen molar-refractivity contribution < 1.29 is 9.59 Å². The van der Waals surface area contributed by atoms with Gasteiger partial charge in [-0.3, -0.25) is 9.59 Å². The second kappa shape index (κ2) is 7.31. The maximum Gasteiger partial charge on any atom is 0.267 e. The molecule has 0 spiro atoms. The van der Waals surface area contributed by atoms with Crippen LogP contribution >= 0.6 is 11.6 Å². The van der Waals surface area contributed by atoms with Crippen molar-refractivity contribution in [3.05, 3.63) is 35.0 Å². The Morgan fingerprint density at radius 3 is 2.54 bits per heavy atom. The first-order chi connectivity index (χ1) is 12.6. The highest BCUT2D eigenvalue weighted by Gasteiger charge is 2.31. The second-order valence-electron chi connectivity index (χ2n) is 7.47. The molecule has 2 aliphatic rings. The number of H-pyrrole nitrogens is 1. The Balaban J connectivity index is 1.33. The van der Waals surface area contributed by atoms with Gasteiger partial charge < -0.3 is 15.2 Å². The number of hydrogen-bond acceptors (Lipinski definition) is 2. The first-order valence-electron chi connectivity index (χ1n) is 9.48.